The Morgan fingerprint density at radius 2 is 2.00 bits per heavy atom. The maximum atomic E-state index is 5.33. The van der Waals surface area contributed by atoms with Crippen molar-refractivity contribution >= 4 is 11.6 Å². The van der Waals surface area contributed by atoms with Crippen LogP contribution in [0.25, 0.3) is 0 Å². The van der Waals surface area contributed by atoms with Crippen molar-refractivity contribution in [2.75, 3.05) is 56.6 Å². The second kappa shape index (κ2) is 7.81. The summed E-state index contributed by atoms with van der Waals surface area (Å²) in [6, 6.07) is 1.93. The lowest BCUT2D eigenvalue weighted by molar-refractivity contribution is 0.0398. The fraction of sp³-hybridized carbons (Fsp3) is 0.571. The minimum Gasteiger partial charge on any atom is -0.379 e. The van der Waals surface area contributed by atoms with E-state index in [1.807, 2.05) is 19.1 Å². The Morgan fingerprint density at radius 1 is 1.30 bits per heavy atom. The first-order valence-electron chi connectivity index (χ1n) is 7.02. The molecule has 2 rings (SSSR count). The molecule has 1 aromatic rings. The van der Waals surface area contributed by atoms with E-state index in [-0.39, 0.29) is 0 Å². The Morgan fingerprint density at radius 3 is 2.70 bits per heavy atom. The van der Waals surface area contributed by atoms with E-state index in [1.54, 1.807) is 0 Å². The summed E-state index contributed by atoms with van der Waals surface area (Å²) < 4.78 is 5.33. The van der Waals surface area contributed by atoms with Crippen LogP contribution in [0.1, 0.15) is 5.82 Å². The summed E-state index contributed by atoms with van der Waals surface area (Å²) in [5.74, 6) is 2.44. The molecule has 6 nitrogen and oxygen atoms in total. The highest BCUT2D eigenvalue weighted by atomic mass is 16.5. The molecule has 0 aliphatic carbocycles. The van der Waals surface area contributed by atoms with Gasteiger partial charge in [0.05, 0.1) is 13.2 Å². The molecule has 6 heteroatoms. The van der Waals surface area contributed by atoms with Crippen molar-refractivity contribution in [1.82, 2.24) is 14.9 Å². The van der Waals surface area contributed by atoms with Crippen molar-refractivity contribution in [3.05, 3.63) is 24.5 Å². The minimum absolute atomic E-state index is 0.698. The lowest BCUT2D eigenvalue weighted by Crippen LogP contribution is -2.39. The van der Waals surface area contributed by atoms with Crippen LogP contribution in [0.2, 0.25) is 0 Å². The Hall–Kier alpha value is -1.66. The van der Waals surface area contributed by atoms with Crippen LogP contribution in [0.4, 0.5) is 11.6 Å². The predicted octanol–water partition coefficient (Wildman–Crippen LogP) is 1.13. The SMILES string of the molecule is C=CCNc1cc(NCCN2CCOCC2)nc(C)n1. The normalized spacial score (nSPS) is 15.8. The van der Waals surface area contributed by atoms with Gasteiger partial charge in [-0.1, -0.05) is 6.08 Å². The number of nitrogens with one attached hydrogen (secondary N) is 2. The van der Waals surface area contributed by atoms with Gasteiger partial charge >= 0.3 is 0 Å². The fourth-order valence-corrected chi connectivity index (χ4v) is 2.09. The van der Waals surface area contributed by atoms with Gasteiger partial charge in [0.15, 0.2) is 0 Å². The summed E-state index contributed by atoms with van der Waals surface area (Å²) in [6.45, 7) is 11.8. The fourth-order valence-electron chi connectivity index (χ4n) is 2.09. The third-order valence-electron chi connectivity index (χ3n) is 3.10. The largest absolute Gasteiger partial charge is 0.379 e. The smallest absolute Gasteiger partial charge is 0.132 e. The van der Waals surface area contributed by atoms with Crippen molar-refractivity contribution < 1.29 is 4.74 Å². The molecule has 110 valence electrons. The number of aromatic nitrogens is 2. The van der Waals surface area contributed by atoms with Crippen molar-refractivity contribution in [3.63, 3.8) is 0 Å². The molecule has 0 radical (unpaired) electrons. The molecular weight excluding hydrogens is 254 g/mol. The van der Waals surface area contributed by atoms with E-state index in [2.05, 4.69) is 32.1 Å². The Labute approximate surface area is 120 Å². The molecule has 1 fully saturated rings. The predicted molar refractivity (Wildman–Crippen MR) is 81.2 cm³/mol. The number of anilines is 2. The average molecular weight is 277 g/mol. The monoisotopic (exact) mass is 277 g/mol. The molecule has 2 N–H and O–H groups in total. The van der Waals surface area contributed by atoms with Gasteiger partial charge in [-0.15, -0.1) is 6.58 Å². The lowest BCUT2D eigenvalue weighted by atomic mass is 10.4. The van der Waals surface area contributed by atoms with Gasteiger partial charge in [-0.25, -0.2) is 9.97 Å². The average Bonchev–Trinajstić information content (AvgIpc) is 2.46. The van der Waals surface area contributed by atoms with E-state index in [1.165, 1.54) is 0 Å². The zero-order chi connectivity index (χ0) is 14.2. The quantitative estimate of drug-likeness (QED) is 0.729. The highest BCUT2D eigenvalue weighted by molar-refractivity contribution is 5.47. The van der Waals surface area contributed by atoms with Crippen molar-refractivity contribution in [1.29, 1.82) is 0 Å². The number of rotatable bonds is 7. The van der Waals surface area contributed by atoms with Crippen LogP contribution < -0.4 is 10.6 Å². The Kier molecular flexibility index (Phi) is 5.76. The molecule has 0 aromatic carbocycles. The zero-order valence-corrected chi connectivity index (χ0v) is 12.1. The highest BCUT2D eigenvalue weighted by Gasteiger charge is 2.09. The van der Waals surface area contributed by atoms with Crippen LogP contribution >= 0.6 is 0 Å². The second-order valence-corrected chi connectivity index (χ2v) is 4.74. The van der Waals surface area contributed by atoms with Gasteiger partial charge in [0, 0.05) is 38.8 Å². The lowest BCUT2D eigenvalue weighted by Gasteiger charge is -2.26. The maximum absolute atomic E-state index is 5.33. The second-order valence-electron chi connectivity index (χ2n) is 4.74. The molecule has 0 spiro atoms. The van der Waals surface area contributed by atoms with E-state index in [4.69, 9.17) is 4.74 Å². The van der Waals surface area contributed by atoms with Gasteiger partial charge in [0.2, 0.25) is 0 Å². The molecular formula is C14H23N5O. The van der Waals surface area contributed by atoms with Crippen molar-refractivity contribution in [2.45, 2.75) is 6.92 Å². The van der Waals surface area contributed by atoms with E-state index >= 15 is 0 Å². The van der Waals surface area contributed by atoms with Crippen molar-refractivity contribution in [3.8, 4) is 0 Å². The number of hydrogen-bond donors (Lipinski definition) is 2. The van der Waals surface area contributed by atoms with Crippen LogP contribution in [-0.4, -0.2) is 60.8 Å². The molecule has 20 heavy (non-hydrogen) atoms. The minimum atomic E-state index is 0.698. The van der Waals surface area contributed by atoms with Crippen LogP contribution in [0.5, 0.6) is 0 Å². The third kappa shape index (κ3) is 4.79. The topological polar surface area (TPSA) is 62.3 Å². The number of ether oxygens (including phenoxy) is 1. The Balaban J connectivity index is 1.81. The number of aryl methyl sites for hydroxylation is 1. The number of nitrogens with zero attached hydrogens (tertiary/aromatic N) is 3. The van der Waals surface area contributed by atoms with Gasteiger partial charge < -0.3 is 15.4 Å². The van der Waals surface area contributed by atoms with E-state index in [0.717, 1.165) is 56.9 Å². The maximum Gasteiger partial charge on any atom is 0.132 e. The Bertz CT molecular complexity index is 432. The molecule has 0 bridgehead atoms. The molecule has 1 aromatic heterocycles. The van der Waals surface area contributed by atoms with Gasteiger partial charge in [-0.05, 0) is 6.92 Å². The number of hydrogen-bond acceptors (Lipinski definition) is 6. The highest BCUT2D eigenvalue weighted by Crippen LogP contribution is 2.10. The third-order valence-corrected chi connectivity index (χ3v) is 3.10. The molecule has 0 saturated carbocycles. The first kappa shape index (κ1) is 14.7. The number of morpholine rings is 1. The van der Waals surface area contributed by atoms with E-state index < -0.39 is 0 Å². The molecule has 0 amide bonds. The molecule has 1 aliphatic rings. The summed E-state index contributed by atoms with van der Waals surface area (Å²) >= 11 is 0. The van der Waals surface area contributed by atoms with Gasteiger partial charge in [0.1, 0.15) is 17.5 Å². The first-order chi connectivity index (χ1) is 9.78. The standard InChI is InChI=1S/C14H23N5O/c1-3-4-15-13-11-14(18-12(2)17-13)16-5-6-19-7-9-20-10-8-19/h3,11H,1,4-10H2,2H3,(H2,15,16,17,18). The first-order valence-corrected chi connectivity index (χ1v) is 7.02. The summed E-state index contributed by atoms with van der Waals surface area (Å²) in [5, 5.41) is 6.53. The zero-order valence-electron chi connectivity index (χ0n) is 12.1. The van der Waals surface area contributed by atoms with Gasteiger partial charge in [0.25, 0.3) is 0 Å². The van der Waals surface area contributed by atoms with Crippen molar-refractivity contribution in [2.24, 2.45) is 0 Å². The van der Waals surface area contributed by atoms with Crippen LogP contribution in [0.15, 0.2) is 18.7 Å². The van der Waals surface area contributed by atoms with Crippen LogP contribution in [0, 0.1) is 6.92 Å². The summed E-state index contributed by atoms with van der Waals surface area (Å²) in [6.07, 6.45) is 1.81. The van der Waals surface area contributed by atoms with Gasteiger partial charge in [-0.3, -0.25) is 4.90 Å². The molecule has 2 heterocycles. The molecule has 0 unspecified atom stereocenters. The summed E-state index contributed by atoms with van der Waals surface area (Å²) in [4.78, 5) is 11.1. The van der Waals surface area contributed by atoms with Gasteiger partial charge in [-0.2, -0.15) is 0 Å². The molecule has 1 aliphatic heterocycles. The van der Waals surface area contributed by atoms with E-state index in [0.29, 0.717) is 6.54 Å². The summed E-state index contributed by atoms with van der Waals surface area (Å²) in [7, 11) is 0. The van der Waals surface area contributed by atoms with Crippen LogP contribution in [-0.2, 0) is 4.74 Å². The van der Waals surface area contributed by atoms with E-state index in [9.17, 15) is 0 Å². The van der Waals surface area contributed by atoms with Crippen LogP contribution in [0.3, 0.4) is 0 Å². The molecule has 1 saturated heterocycles. The molecule has 0 atom stereocenters. The summed E-state index contributed by atoms with van der Waals surface area (Å²) in [5.41, 5.74) is 0.